The summed E-state index contributed by atoms with van der Waals surface area (Å²) in [5.41, 5.74) is 2.89. The van der Waals surface area contributed by atoms with Gasteiger partial charge in [-0.15, -0.1) is 0 Å². The van der Waals surface area contributed by atoms with Crippen LogP contribution in [0.5, 0.6) is 11.5 Å². The van der Waals surface area contributed by atoms with Gasteiger partial charge < -0.3 is 19.5 Å². The van der Waals surface area contributed by atoms with Gasteiger partial charge in [-0.2, -0.15) is 0 Å². The third kappa shape index (κ3) is 3.91. The van der Waals surface area contributed by atoms with Crippen molar-refractivity contribution in [3.8, 4) is 22.6 Å². The van der Waals surface area contributed by atoms with E-state index in [4.69, 9.17) is 14.2 Å². The molecule has 1 atom stereocenters. The number of ether oxygens (including phenoxy) is 3. The highest BCUT2D eigenvalue weighted by molar-refractivity contribution is 5.83. The molecule has 1 heterocycles. The number of esters is 1. The van der Waals surface area contributed by atoms with Gasteiger partial charge >= 0.3 is 5.97 Å². The molecule has 3 rings (SSSR count). The lowest BCUT2D eigenvalue weighted by Crippen LogP contribution is -2.41. The predicted molar refractivity (Wildman–Crippen MR) is 91.3 cm³/mol. The molecule has 130 valence electrons. The lowest BCUT2D eigenvalue weighted by Gasteiger charge is -2.16. The van der Waals surface area contributed by atoms with Crippen LogP contribution >= 0.6 is 0 Å². The van der Waals surface area contributed by atoms with Gasteiger partial charge in [-0.25, -0.2) is 4.79 Å². The van der Waals surface area contributed by atoms with Gasteiger partial charge in [0, 0.05) is 13.3 Å². The molecule has 0 bridgehead atoms. The second-order valence-corrected chi connectivity index (χ2v) is 5.75. The van der Waals surface area contributed by atoms with Crippen LogP contribution in [0, 0.1) is 0 Å². The molecule has 0 saturated carbocycles. The fraction of sp³-hybridized carbons (Fsp3) is 0.263. The Labute approximate surface area is 145 Å². The summed E-state index contributed by atoms with van der Waals surface area (Å²) in [6, 6.07) is 12.8. The summed E-state index contributed by atoms with van der Waals surface area (Å²) in [5, 5.41) is 2.62. The molecule has 0 aliphatic carbocycles. The Morgan fingerprint density at radius 3 is 2.64 bits per heavy atom. The topological polar surface area (TPSA) is 73.9 Å². The van der Waals surface area contributed by atoms with E-state index in [0.29, 0.717) is 12.2 Å². The van der Waals surface area contributed by atoms with Crippen molar-refractivity contribution < 1.29 is 23.8 Å². The average Bonchev–Trinajstić information content (AvgIpc) is 3.08. The third-order valence-electron chi connectivity index (χ3n) is 3.94. The Bertz CT molecular complexity index is 802. The van der Waals surface area contributed by atoms with E-state index < -0.39 is 12.0 Å². The Balaban J connectivity index is 1.83. The van der Waals surface area contributed by atoms with Gasteiger partial charge in [-0.3, -0.25) is 4.79 Å². The van der Waals surface area contributed by atoms with Gasteiger partial charge in [0.1, 0.15) is 6.04 Å². The highest BCUT2D eigenvalue weighted by Crippen LogP contribution is 2.36. The Morgan fingerprint density at radius 1 is 1.12 bits per heavy atom. The Hall–Kier alpha value is -3.02. The Kier molecular flexibility index (Phi) is 4.88. The van der Waals surface area contributed by atoms with Crippen LogP contribution < -0.4 is 14.8 Å². The number of benzene rings is 2. The fourth-order valence-electron chi connectivity index (χ4n) is 2.77. The summed E-state index contributed by atoms with van der Waals surface area (Å²) in [6.45, 7) is 1.61. The monoisotopic (exact) mass is 341 g/mol. The molecule has 1 amide bonds. The van der Waals surface area contributed by atoms with Crippen molar-refractivity contribution in [1.82, 2.24) is 5.32 Å². The van der Waals surface area contributed by atoms with E-state index >= 15 is 0 Å². The molecule has 6 nitrogen and oxygen atoms in total. The molecule has 0 radical (unpaired) electrons. The van der Waals surface area contributed by atoms with Gasteiger partial charge in [0.05, 0.1) is 7.11 Å². The molecule has 2 aromatic carbocycles. The summed E-state index contributed by atoms with van der Waals surface area (Å²) >= 11 is 0. The van der Waals surface area contributed by atoms with Crippen molar-refractivity contribution >= 4 is 11.9 Å². The van der Waals surface area contributed by atoms with Crippen LogP contribution in [0.2, 0.25) is 0 Å². The van der Waals surface area contributed by atoms with E-state index in [1.807, 2.05) is 42.5 Å². The van der Waals surface area contributed by atoms with Crippen molar-refractivity contribution in [1.29, 1.82) is 0 Å². The van der Waals surface area contributed by atoms with E-state index in [1.54, 1.807) is 0 Å². The minimum absolute atomic E-state index is 0.232. The first-order valence-electron chi connectivity index (χ1n) is 7.90. The van der Waals surface area contributed by atoms with Crippen molar-refractivity contribution in [2.75, 3.05) is 13.9 Å². The van der Waals surface area contributed by atoms with E-state index in [2.05, 4.69) is 5.32 Å². The smallest absolute Gasteiger partial charge is 0.328 e. The third-order valence-corrected chi connectivity index (χ3v) is 3.94. The zero-order chi connectivity index (χ0) is 17.8. The fourth-order valence-corrected chi connectivity index (χ4v) is 2.77. The molecule has 2 aromatic rings. The first kappa shape index (κ1) is 16.8. The molecule has 6 heteroatoms. The highest BCUT2D eigenvalue weighted by atomic mass is 16.7. The zero-order valence-corrected chi connectivity index (χ0v) is 14.1. The second-order valence-electron chi connectivity index (χ2n) is 5.75. The van der Waals surface area contributed by atoms with E-state index in [1.165, 1.54) is 14.0 Å². The van der Waals surface area contributed by atoms with Gasteiger partial charge in [0.2, 0.25) is 12.7 Å². The molecule has 0 spiro atoms. The van der Waals surface area contributed by atoms with Crippen LogP contribution in [-0.4, -0.2) is 31.8 Å². The first-order chi connectivity index (χ1) is 12.1. The number of fused-ring (bicyclic) bond motifs is 1. The second kappa shape index (κ2) is 7.25. The first-order valence-corrected chi connectivity index (χ1v) is 7.90. The maximum atomic E-state index is 11.9. The predicted octanol–water partition coefficient (Wildman–Crippen LogP) is 2.30. The Morgan fingerprint density at radius 2 is 1.88 bits per heavy atom. The summed E-state index contributed by atoms with van der Waals surface area (Å²) < 4.78 is 15.5. The summed E-state index contributed by atoms with van der Waals surface area (Å²) in [7, 11) is 1.31. The van der Waals surface area contributed by atoms with Gasteiger partial charge in [0.15, 0.2) is 11.5 Å². The van der Waals surface area contributed by atoms with Crippen LogP contribution in [0.4, 0.5) is 0 Å². The highest BCUT2D eigenvalue weighted by Gasteiger charge is 2.21. The molecule has 0 saturated heterocycles. The van der Waals surface area contributed by atoms with E-state index in [0.717, 1.165) is 22.4 Å². The number of rotatable bonds is 5. The maximum absolute atomic E-state index is 11.9. The maximum Gasteiger partial charge on any atom is 0.328 e. The van der Waals surface area contributed by atoms with E-state index in [-0.39, 0.29) is 12.7 Å². The molecular weight excluding hydrogens is 322 g/mol. The van der Waals surface area contributed by atoms with Crippen LogP contribution in [-0.2, 0) is 20.7 Å². The quantitative estimate of drug-likeness (QED) is 0.845. The standard InChI is InChI=1S/C19H19NO5/c1-12(21)20-16(19(22)23-2)9-13-4-3-5-14(8-13)15-6-7-17-18(10-15)25-11-24-17/h3-8,10,16H,9,11H2,1-2H3,(H,20,21)/t16-/m1/s1. The molecular formula is C19H19NO5. The number of amides is 1. The average molecular weight is 341 g/mol. The zero-order valence-electron chi connectivity index (χ0n) is 14.1. The molecule has 1 aliphatic heterocycles. The molecule has 1 N–H and O–H groups in total. The normalized spacial score (nSPS) is 13.2. The number of carbonyl (C=O) groups is 2. The lowest BCUT2D eigenvalue weighted by atomic mass is 9.99. The molecule has 0 unspecified atom stereocenters. The summed E-state index contributed by atoms with van der Waals surface area (Å²) in [6.07, 6.45) is 0.352. The van der Waals surface area contributed by atoms with Crippen molar-refractivity contribution in [3.63, 3.8) is 0 Å². The number of methoxy groups -OCH3 is 1. The molecule has 1 aliphatic rings. The van der Waals surface area contributed by atoms with Crippen LogP contribution in [0.25, 0.3) is 11.1 Å². The molecule has 0 aromatic heterocycles. The number of hydrogen-bond donors (Lipinski definition) is 1. The van der Waals surface area contributed by atoms with E-state index in [9.17, 15) is 9.59 Å². The minimum Gasteiger partial charge on any atom is -0.467 e. The number of hydrogen-bond acceptors (Lipinski definition) is 5. The van der Waals surface area contributed by atoms with Gasteiger partial charge in [-0.05, 0) is 28.8 Å². The van der Waals surface area contributed by atoms with Crippen molar-refractivity contribution in [2.24, 2.45) is 0 Å². The van der Waals surface area contributed by atoms with Crippen molar-refractivity contribution in [3.05, 3.63) is 48.0 Å². The van der Waals surface area contributed by atoms with Gasteiger partial charge in [0.25, 0.3) is 0 Å². The SMILES string of the molecule is COC(=O)[C@@H](Cc1cccc(-c2ccc3c(c2)OCO3)c1)NC(C)=O. The molecule has 0 fully saturated rings. The summed E-state index contributed by atoms with van der Waals surface area (Å²) in [5.74, 6) is 0.705. The summed E-state index contributed by atoms with van der Waals surface area (Å²) in [4.78, 5) is 23.2. The minimum atomic E-state index is -0.713. The van der Waals surface area contributed by atoms with Crippen LogP contribution in [0.1, 0.15) is 12.5 Å². The lowest BCUT2D eigenvalue weighted by molar-refractivity contribution is -0.144. The van der Waals surface area contributed by atoms with Crippen LogP contribution in [0.3, 0.4) is 0 Å². The largest absolute Gasteiger partial charge is 0.467 e. The van der Waals surface area contributed by atoms with Crippen LogP contribution in [0.15, 0.2) is 42.5 Å². The van der Waals surface area contributed by atoms with Gasteiger partial charge in [-0.1, -0.05) is 30.3 Å². The number of carbonyl (C=O) groups excluding carboxylic acids is 2. The number of nitrogens with one attached hydrogen (secondary N) is 1. The van der Waals surface area contributed by atoms with Crippen molar-refractivity contribution in [2.45, 2.75) is 19.4 Å². The molecule has 25 heavy (non-hydrogen) atoms.